The fraction of sp³-hybridized carbons (Fsp3) is 0.190. The first kappa shape index (κ1) is 15.3. The minimum absolute atomic E-state index is 0.0632. The molecule has 3 rings (SSSR count). The van der Waals surface area contributed by atoms with Crippen LogP contribution in [-0.2, 0) is 13.0 Å². The molecule has 2 heteroatoms. The minimum atomic E-state index is 0.0632. The van der Waals surface area contributed by atoms with Crippen molar-refractivity contribution in [3.63, 3.8) is 0 Å². The van der Waals surface area contributed by atoms with Gasteiger partial charge < -0.3 is 4.90 Å². The molecule has 0 aliphatic heterocycles. The highest BCUT2D eigenvalue weighted by atomic mass is 16.2. The maximum Gasteiger partial charge on any atom is 0.253 e. The summed E-state index contributed by atoms with van der Waals surface area (Å²) in [6, 6.07) is 22.4. The van der Waals surface area contributed by atoms with Crippen molar-refractivity contribution in [3.8, 4) is 0 Å². The molecule has 0 atom stereocenters. The van der Waals surface area contributed by atoms with Gasteiger partial charge in [-0.3, -0.25) is 4.79 Å². The van der Waals surface area contributed by atoms with E-state index in [0.717, 1.165) is 12.0 Å². The Hall–Kier alpha value is -2.61. The molecule has 23 heavy (non-hydrogen) atoms. The molecule has 0 N–H and O–H groups in total. The summed E-state index contributed by atoms with van der Waals surface area (Å²) in [5.41, 5.74) is 3.12. The standard InChI is InChI=1S/C21H21NO/c1-3-16-8-6-11-18(14-16)21(23)22(2)15-19-12-7-10-17-9-4-5-13-20(17)19/h4-14H,3,15H2,1-2H3. The van der Waals surface area contributed by atoms with Crippen LogP contribution in [0.4, 0.5) is 0 Å². The third-order valence-corrected chi connectivity index (χ3v) is 4.22. The number of rotatable bonds is 4. The van der Waals surface area contributed by atoms with Crippen LogP contribution in [0.5, 0.6) is 0 Å². The Balaban J connectivity index is 1.85. The molecule has 0 bridgehead atoms. The lowest BCUT2D eigenvalue weighted by atomic mass is 10.0. The Bertz CT molecular complexity index is 833. The molecular weight excluding hydrogens is 282 g/mol. The number of hydrogen-bond acceptors (Lipinski definition) is 1. The second-order valence-electron chi connectivity index (χ2n) is 5.85. The lowest BCUT2D eigenvalue weighted by Crippen LogP contribution is -2.26. The molecule has 0 aliphatic carbocycles. The summed E-state index contributed by atoms with van der Waals surface area (Å²) in [6.07, 6.45) is 0.939. The van der Waals surface area contributed by atoms with E-state index in [4.69, 9.17) is 0 Å². The topological polar surface area (TPSA) is 20.3 Å². The number of carbonyl (C=O) groups is 1. The van der Waals surface area contributed by atoms with Crippen molar-refractivity contribution in [1.29, 1.82) is 0 Å². The Labute approximate surface area is 137 Å². The monoisotopic (exact) mass is 303 g/mol. The molecule has 116 valence electrons. The number of hydrogen-bond donors (Lipinski definition) is 0. The summed E-state index contributed by atoms with van der Waals surface area (Å²) >= 11 is 0. The van der Waals surface area contributed by atoms with Crippen LogP contribution < -0.4 is 0 Å². The molecule has 0 radical (unpaired) electrons. The summed E-state index contributed by atoms with van der Waals surface area (Å²) in [6.45, 7) is 2.71. The largest absolute Gasteiger partial charge is 0.337 e. The summed E-state index contributed by atoms with van der Waals surface area (Å²) in [5.74, 6) is 0.0632. The highest BCUT2D eigenvalue weighted by molar-refractivity contribution is 5.94. The van der Waals surface area contributed by atoms with Crippen molar-refractivity contribution >= 4 is 16.7 Å². The van der Waals surface area contributed by atoms with Crippen LogP contribution in [0.1, 0.15) is 28.4 Å². The van der Waals surface area contributed by atoms with Crippen LogP contribution in [0.25, 0.3) is 10.8 Å². The molecule has 3 aromatic carbocycles. The Kier molecular flexibility index (Phi) is 4.42. The number of aryl methyl sites for hydroxylation is 1. The van der Waals surface area contributed by atoms with E-state index >= 15 is 0 Å². The summed E-state index contributed by atoms with van der Waals surface area (Å²) in [7, 11) is 1.86. The molecule has 0 heterocycles. The second-order valence-corrected chi connectivity index (χ2v) is 5.85. The maximum atomic E-state index is 12.7. The van der Waals surface area contributed by atoms with E-state index in [-0.39, 0.29) is 5.91 Å². The van der Waals surface area contributed by atoms with Gasteiger partial charge in [-0.15, -0.1) is 0 Å². The predicted octanol–water partition coefficient (Wildman–Crippen LogP) is 4.67. The molecule has 2 nitrogen and oxygen atoms in total. The quantitative estimate of drug-likeness (QED) is 0.685. The van der Waals surface area contributed by atoms with Crippen molar-refractivity contribution < 1.29 is 4.79 Å². The molecule has 0 saturated heterocycles. The third kappa shape index (κ3) is 3.26. The van der Waals surface area contributed by atoms with Crippen molar-refractivity contribution in [2.24, 2.45) is 0 Å². The van der Waals surface area contributed by atoms with Crippen LogP contribution in [0, 0.1) is 0 Å². The van der Waals surface area contributed by atoms with E-state index in [9.17, 15) is 4.79 Å². The number of nitrogens with zero attached hydrogens (tertiary/aromatic N) is 1. The summed E-state index contributed by atoms with van der Waals surface area (Å²) in [5, 5.41) is 2.41. The van der Waals surface area contributed by atoms with Crippen LogP contribution in [0.3, 0.4) is 0 Å². The van der Waals surface area contributed by atoms with E-state index < -0.39 is 0 Å². The van der Waals surface area contributed by atoms with Crippen LogP contribution in [0.2, 0.25) is 0 Å². The Morgan fingerprint density at radius 1 is 0.957 bits per heavy atom. The zero-order valence-electron chi connectivity index (χ0n) is 13.6. The molecule has 0 unspecified atom stereocenters. The average molecular weight is 303 g/mol. The minimum Gasteiger partial charge on any atom is -0.337 e. The van der Waals surface area contributed by atoms with Crippen molar-refractivity contribution in [3.05, 3.63) is 83.4 Å². The molecular formula is C21H21NO. The fourth-order valence-corrected chi connectivity index (χ4v) is 2.90. The zero-order chi connectivity index (χ0) is 16.2. The molecule has 0 aromatic heterocycles. The van der Waals surface area contributed by atoms with Gasteiger partial charge in [0.05, 0.1) is 0 Å². The number of fused-ring (bicyclic) bond motifs is 1. The van der Waals surface area contributed by atoms with Gasteiger partial charge >= 0.3 is 0 Å². The fourth-order valence-electron chi connectivity index (χ4n) is 2.90. The van der Waals surface area contributed by atoms with Crippen molar-refractivity contribution in [2.45, 2.75) is 19.9 Å². The molecule has 1 amide bonds. The van der Waals surface area contributed by atoms with Crippen LogP contribution >= 0.6 is 0 Å². The summed E-state index contributed by atoms with van der Waals surface area (Å²) < 4.78 is 0. The third-order valence-electron chi connectivity index (χ3n) is 4.22. The predicted molar refractivity (Wildman–Crippen MR) is 95.6 cm³/mol. The van der Waals surface area contributed by atoms with E-state index in [1.165, 1.54) is 21.9 Å². The maximum absolute atomic E-state index is 12.7. The molecule has 0 saturated carbocycles. The molecule has 0 fully saturated rings. The lowest BCUT2D eigenvalue weighted by Gasteiger charge is -2.19. The lowest BCUT2D eigenvalue weighted by molar-refractivity contribution is 0.0785. The van der Waals surface area contributed by atoms with E-state index in [0.29, 0.717) is 6.54 Å². The molecule has 0 spiro atoms. The molecule has 3 aromatic rings. The molecule has 0 aliphatic rings. The van der Waals surface area contributed by atoms with Gasteiger partial charge in [0.2, 0.25) is 0 Å². The Morgan fingerprint density at radius 2 is 1.70 bits per heavy atom. The second kappa shape index (κ2) is 6.66. The van der Waals surface area contributed by atoms with Gasteiger partial charge in [0.25, 0.3) is 5.91 Å². The van der Waals surface area contributed by atoms with Gasteiger partial charge in [0.15, 0.2) is 0 Å². The van der Waals surface area contributed by atoms with E-state index in [1.54, 1.807) is 4.90 Å². The van der Waals surface area contributed by atoms with E-state index in [2.05, 4.69) is 37.3 Å². The first-order valence-corrected chi connectivity index (χ1v) is 8.00. The van der Waals surface area contributed by atoms with Gasteiger partial charge in [-0.25, -0.2) is 0 Å². The SMILES string of the molecule is CCc1cccc(C(=O)N(C)Cc2cccc3ccccc23)c1. The van der Waals surface area contributed by atoms with Gasteiger partial charge in [-0.2, -0.15) is 0 Å². The van der Waals surface area contributed by atoms with Gasteiger partial charge in [-0.05, 0) is 40.5 Å². The summed E-state index contributed by atoms with van der Waals surface area (Å²) in [4.78, 5) is 14.5. The van der Waals surface area contributed by atoms with E-state index in [1.807, 2.05) is 43.4 Å². The normalized spacial score (nSPS) is 10.7. The first-order chi connectivity index (χ1) is 11.2. The number of benzene rings is 3. The number of carbonyl (C=O) groups excluding carboxylic acids is 1. The Morgan fingerprint density at radius 3 is 2.52 bits per heavy atom. The number of amides is 1. The van der Waals surface area contributed by atoms with Gasteiger partial charge in [-0.1, -0.05) is 61.5 Å². The van der Waals surface area contributed by atoms with Crippen molar-refractivity contribution in [2.75, 3.05) is 7.05 Å². The average Bonchev–Trinajstić information content (AvgIpc) is 2.61. The highest BCUT2D eigenvalue weighted by Gasteiger charge is 2.13. The van der Waals surface area contributed by atoms with Gasteiger partial charge in [0.1, 0.15) is 0 Å². The first-order valence-electron chi connectivity index (χ1n) is 8.00. The van der Waals surface area contributed by atoms with Crippen LogP contribution in [-0.4, -0.2) is 17.9 Å². The van der Waals surface area contributed by atoms with Crippen molar-refractivity contribution in [1.82, 2.24) is 4.90 Å². The smallest absolute Gasteiger partial charge is 0.253 e. The van der Waals surface area contributed by atoms with Crippen LogP contribution in [0.15, 0.2) is 66.7 Å². The highest BCUT2D eigenvalue weighted by Crippen LogP contribution is 2.20. The van der Waals surface area contributed by atoms with Gasteiger partial charge in [0, 0.05) is 19.2 Å². The zero-order valence-corrected chi connectivity index (χ0v) is 13.6.